The molecule has 0 aliphatic carbocycles. The van der Waals surface area contributed by atoms with E-state index in [1.54, 1.807) is 24.8 Å². The molecular weight excluding hydrogens is 314 g/mol. The Morgan fingerprint density at radius 1 is 1.20 bits per heavy atom. The molecule has 1 amide bonds. The van der Waals surface area contributed by atoms with Gasteiger partial charge < -0.3 is 9.80 Å². The maximum Gasteiger partial charge on any atom is 0.256 e. The van der Waals surface area contributed by atoms with Crippen molar-refractivity contribution < 1.29 is 4.79 Å². The minimum absolute atomic E-state index is 0.0397. The maximum atomic E-state index is 12.5. The first-order valence-corrected chi connectivity index (χ1v) is 8.85. The summed E-state index contributed by atoms with van der Waals surface area (Å²) in [4.78, 5) is 29.2. The highest BCUT2D eigenvalue weighted by Crippen LogP contribution is 2.18. The Balaban J connectivity index is 1.56. The summed E-state index contributed by atoms with van der Waals surface area (Å²) in [5.41, 5.74) is 1.80. The van der Waals surface area contributed by atoms with E-state index in [0.717, 1.165) is 38.9 Å². The first kappa shape index (κ1) is 17.3. The number of piperidine rings is 1. The number of carbonyl (C=O) groups is 1. The number of anilines is 1. The summed E-state index contributed by atoms with van der Waals surface area (Å²) in [7, 11) is 1.96. The van der Waals surface area contributed by atoms with Gasteiger partial charge in [0, 0.05) is 51.5 Å². The molecule has 1 fully saturated rings. The number of pyridine rings is 1. The number of likely N-dealkylation sites (N-methyl/N-ethyl adjacent to an activating group) is 1. The molecule has 1 saturated heterocycles. The Morgan fingerprint density at radius 3 is 2.48 bits per heavy atom. The molecule has 25 heavy (non-hydrogen) atoms. The number of carbonyl (C=O) groups excluding carboxylic acids is 1. The molecule has 132 valence electrons. The summed E-state index contributed by atoms with van der Waals surface area (Å²) in [6, 6.07) is 4.02. The fourth-order valence-electron chi connectivity index (χ4n) is 2.97. The number of hydrogen-bond donors (Lipinski definition) is 0. The van der Waals surface area contributed by atoms with Crippen LogP contribution in [0.4, 0.5) is 5.95 Å². The summed E-state index contributed by atoms with van der Waals surface area (Å²) < 4.78 is 0. The van der Waals surface area contributed by atoms with Crippen molar-refractivity contribution in [2.75, 3.05) is 31.6 Å². The number of hydrogen-bond acceptors (Lipinski definition) is 5. The zero-order chi connectivity index (χ0) is 17.6. The van der Waals surface area contributed by atoms with Crippen LogP contribution in [0, 0.1) is 5.92 Å². The molecule has 0 N–H and O–H groups in total. The normalized spacial score (nSPS) is 15.2. The van der Waals surface area contributed by atoms with Gasteiger partial charge in [-0.1, -0.05) is 6.92 Å². The quantitative estimate of drug-likeness (QED) is 0.837. The smallest absolute Gasteiger partial charge is 0.256 e. The number of amides is 1. The fraction of sp³-hybridized carbons (Fsp3) is 0.474. The molecule has 2 aromatic heterocycles. The van der Waals surface area contributed by atoms with E-state index in [0.29, 0.717) is 17.4 Å². The van der Waals surface area contributed by atoms with E-state index in [1.165, 1.54) is 5.56 Å². The summed E-state index contributed by atoms with van der Waals surface area (Å²) >= 11 is 0. The van der Waals surface area contributed by atoms with Crippen molar-refractivity contribution in [1.29, 1.82) is 0 Å². The van der Waals surface area contributed by atoms with Gasteiger partial charge in [0.05, 0.1) is 5.56 Å². The topological polar surface area (TPSA) is 62.2 Å². The van der Waals surface area contributed by atoms with Gasteiger partial charge in [-0.15, -0.1) is 0 Å². The van der Waals surface area contributed by atoms with Gasteiger partial charge in [0.15, 0.2) is 0 Å². The summed E-state index contributed by atoms with van der Waals surface area (Å²) in [6.45, 7) is 4.70. The van der Waals surface area contributed by atoms with Crippen molar-refractivity contribution in [2.24, 2.45) is 5.92 Å². The van der Waals surface area contributed by atoms with Gasteiger partial charge in [0.2, 0.25) is 5.95 Å². The molecule has 6 nitrogen and oxygen atoms in total. The van der Waals surface area contributed by atoms with Gasteiger partial charge >= 0.3 is 0 Å². The highest BCUT2D eigenvalue weighted by molar-refractivity contribution is 5.93. The minimum Gasteiger partial charge on any atom is -0.344 e. The zero-order valence-electron chi connectivity index (χ0n) is 14.9. The Labute approximate surface area is 148 Å². The number of rotatable bonds is 5. The van der Waals surface area contributed by atoms with Crippen LogP contribution in [0.25, 0.3) is 0 Å². The van der Waals surface area contributed by atoms with Crippen LogP contribution in [0.1, 0.15) is 35.7 Å². The molecule has 0 saturated carbocycles. The highest BCUT2D eigenvalue weighted by Gasteiger charge is 2.22. The van der Waals surface area contributed by atoms with E-state index in [4.69, 9.17) is 0 Å². The second-order valence-electron chi connectivity index (χ2n) is 6.77. The maximum absolute atomic E-state index is 12.5. The zero-order valence-corrected chi connectivity index (χ0v) is 14.9. The predicted octanol–water partition coefficient (Wildman–Crippen LogP) is 2.42. The Bertz CT molecular complexity index is 681. The van der Waals surface area contributed by atoms with Crippen LogP contribution in [-0.4, -0.2) is 52.4 Å². The van der Waals surface area contributed by atoms with E-state index in [-0.39, 0.29) is 5.91 Å². The van der Waals surface area contributed by atoms with Crippen molar-refractivity contribution in [1.82, 2.24) is 19.9 Å². The van der Waals surface area contributed by atoms with Crippen LogP contribution < -0.4 is 4.90 Å². The van der Waals surface area contributed by atoms with Crippen molar-refractivity contribution in [3.8, 4) is 0 Å². The fourth-order valence-corrected chi connectivity index (χ4v) is 2.97. The Morgan fingerprint density at radius 2 is 1.84 bits per heavy atom. The second-order valence-corrected chi connectivity index (χ2v) is 6.77. The average molecular weight is 339 g/mol. The molecule has 3 rings (SSSR count). The lowest BCUT2D eigenvalue weighted by molar-refractivity contribution is 0.0696. The van der Waals surface area contributed by atoms with Crippen LogP contribution in [0.15, 0.2) is 36.9 Å². The van der Waals surface area contributed by atoms with Crippen molar-refractivity contribution in [3.05, 3.63) is 48.0 Å². The van der Waals surface area contributed by atoms with Gasteiger partial charge in [-0.3, -0.25) is 9.78 Å². The molecule has 2 aromatic rings. The summed E-state index contributed by atoms with van der Waals surface area (Å²) in [5, 5.41) is 0. The molecule has 0 aromatic carbocycles. The van der Waals surface area contributed by atoms with E-state index < -0.39 is 0 Å². The SMILES string of the molecule is CC1CCN(C(=O)c2cnc(N(C)CCc3ccncc3)nc2)CC1. The van der Waals surface area contributed by atoms with Gasteiger partial charge in [-0.05, 0) is 42.9 Å². The third kappa shape index (κ3) is 4.53. The lowest BCUT2D eigenvalue weighted by Gasteiger charge is -2.30. The monoisotopic (exact) mass is 339 g/mol. The van der Waals surface area contributed by atoms with Crippen molar-refractivity contribution in [3.63, 3.8) is 0 Å². The van der Waals surface area contributed by atoms with E-state index in [1.807, 2.05) is 29.0 Å². The predicted molar refractivity (Wildman–Crippen MR) is 97.5 cm³/mol. The third-order valence-corrected chi connectivity index (χ3v) is 4.78. The average Bonchev–Trinajstić information content (AvgIpc) is 2.67. The molecule has 0 radical (unpaired) electrons. The second kappa shape index (κ2) is 8.05. The highest BCUT2D eigenvalue weighted by atomic mass is 16.2. The lowest BCUT2D eigenvalue weighted by Crippen LogP contribution is -2.38. The number of nitrogens with zero attached hydrogens (tertiary/aromatic N) is 5. The number of likely N-dealkylation sites (tertiary alicyclic amines) is 1. The first-order chi connectivity index (χ1) is 12.1. The van der Waals surface area contributed by atoms with Crippen LogP contribution >= 0.6 is 0 Å². The molecule has 3 heterocycles. The summed E-state index contributed by atoms with van der Waals surface area (Å²) in [5.74, 6) is 1.38. The Kier molecular flexibility index (Phi) is 5.58. The molecule has 0 spiro atoms. The van der Waals surface area contributed by atoms with Crippen molar-refractivity contribution >= 4 is 11.9 Å². The van der Waals surface area contributed by atoms with E-state index in [9.17, 15) is 4.79 Å². The molecular formula is C19H25N5O. The van der Waals surface area contributed by atoms with Crippen LogP contribution in [0.3, 0.4) is 0 Å². The van der Waals surface area contributed by atoms with Crippen molar-refractivity contribution in [2.45, 2.75) is 26.2 Å². The molecule has 6 heteroatoms. The lowest BCUT2D eigenvalue weighted by atomic mass is 9.99. The van der Waals surface area contributed by atoms with Crippen LogP contribution in [-0.2, 0) is 6.42 Å². The summed E-state index contributed by atoms with van der Waals surface area (Å²) in [6.07, 6.45) is 9.93. The third-order valence-electron chi connectivity index (χ3n) is 4.78. The largest absolute Gasteiger partial charge is 0.344 e. The van der Waals surface area contributed by atoms with E-state index >= 15 is 0 Å². The molecule has 1 aliphatic rings. The molecule has 0 bridgehead atoms. The Hall–Kier alpha value is -2.50. The number of aromatic nitrogens is 3. The van der Waals surface area contributed by atoms with Crippen LogP contribution in [0.2, 0.25) is 0 Å². The van der Waals surface area contributed by atoms with Gasteiger partial charge in [0.25, 0.3) is 5.91 Å². The van der Waals surface area contributed by atoms with Gasteiger partial charge in [0.1, 0.15) is 0 Å². The molecule has 1 aliphatic heterocycles. The first-order valence-electron chi connectivity index (χ1n) is 8.85. The van der Waals surface area contributed by atoms with E-state index in [2.05, 4.69) is 21.9 Å². The van der Waals surface area contributed by atoms with Crippen LogP contribution in [0.5, 0.6) is 0 Å². The standard InChI is InChI=1S/C19H25N5O/c1-15-5-11-24(12-6-15)18(25)17-13-21-19(22-14-17)23(2)10-7-16-3-8-20-9-4-16/h3-4,8-9,13-15H,5-7,10-12H2,1-2H3. The minimum atomic E-state index is 0.0397. The molecule has 0 unspecified atom stereocenters. The molecule has 0 atom stereocenters. The van der Waals surface area contributed by atoms with Gasteiger partial charge in [-0.2, -0.15) is 0 Å². The van der Waals surface area contributed by atoms with Gasteiger partial charge in [-0.25, -0.2) is 9.97 Å².